The van der Waals surface area contributed by atoms with Crippen LogP contribution >= 0.6 is 0 Å². The first kappa shape index (κ1) is 15.4. The van der Waals surface area contributed by atoms with Gasteiger partial charge in [0.2, 0.25) is 0 Å². The summed E-state index contributed by atoms with van der Waals surface area (Å²) >= 11 is 0. The van der Waals surface area contributed by atoms with Crippen molar-refractivity contribution in [1.29, 1.82) is 0 Å². The van der Waals surface area contributed by atoms with Crippen molar-refractivity contribution in [3.05, 3.63) is 65.0 Å². The van der Waals surface area contributed by atoms with Crippen molar-refractivity contribution >= 4 is 0 Å². The van der Waals surface area contributed by atoms with Crippen molar-refractivity contribution in [3.63, 3.8) is 0 Å². The van der Waals surface area contributed by atoms with E-state index in [2.05, 4.69) is 5.32 Å². The molecule has 0 radical (unpaired) electrons. The molecule has 1 atom stereocenters. The zero-order valence-corrected chi connectivity index (χ0v) is 11.8. The lowest BCUT2D eigenvalue weighted by Crippen LogP contribution is -2.23. The fourth-order valence-electron chi connectivity index (χ4n) is 2.22. The van der Waals surface area contributed by atoms with Crippen LogP contribution in [-0.2, 0) is 0 Å². The molecule has 21 heavy (non-hydrogen) atoms. The number of hydrogen-bond donors (Lipinski definition) is 1. The first-order chi connectivity index (χ1) is 10.1. The lowest BCUT2D eigenvalue weighted by molar-refractivity contribution is 0.385. The van der Waals surface area contributed by atoms with Crippen LogP contribution in [0.3, 0.4) is 0 Å². The number of hydrogen-bond acceptors (Lipinski definition) is 2. The summed E-state index contributed by atoms with van der Waals surface area (Å²) in [6.07, 6.45) is 0. The Balaban J connectivity index is 2.48. The molecule has 0 aliphatic rings. The molecular formula is C16H16F3NO. The highest BCUT2D eigenvalue weighted by molar-refractivity contribution is 5.37. The molecule has 0 saturated heterocycles. The highest BCUT2D eigenvalue weighted by atomic mass is 19.2. The van der Waals surface area contributed by atoms with Crippen molar-refractivity contribution in [3.8, 4) is 5.75 Å². The average Bonchev–Trinajstić information content (AvgIpc) is 2.48. The third-order valence-corrected chi connectivity index (χ3v) is 3.21. The van der Waals surface area contributed by atoms with E-state index < -0.39 is 23.5 Å². The maximum Gasteiger partial charge on any atom is 0.165 e. The van der Waals surface area contributed by atoms with Gasteiger partial charge >= 0.3 is 0 Å². The van der Waals surface area contributed by atoms with Gasteiger partial charge in [0.15, 0.2) is 23.2 Å². The summed E-state index contributed by atoms with van der Waals surface area (Å²) in [6.45, 7) is 2.36. The standard InChI is InChI=1S/C16H16F3NO/c1-3-20-16(11-5-4-6-12(17)15(11)19)10-7-8-14(21-2)13(18)9-10/h4-9,16,20H,3H2,1-2H3. The predicted octanol–water partition coefficient (Wildman–Crippen LogP) is 3.81. The van der Waals surface area contributed by atoms with Crippen LogP contribution in [0.15, 0.2) is 36.4 Å². The number of benzene rings is 2. The molecule has 0 spiro atoms. The molecule has 2 aromatic rings. The summed E-state index contributed by atoms with van der Waals surface area (Å²) in [6, 6.07) is 7.68. The topological polar surface area (TPSA) is 21.3 Å². The maximum atomic E-state index is 14.0. The minimum absolute atomic E-state index is 0.105. The molecule has 1 unspecified atom stereocenters. The molecule has 0 saturated carbocycles. The lowest BCUT2D eigenvalue weighted by Gasteiger charge is -2.20. The Hall–Kier alpha value is -2.01. The number of ether oxygens (including phenoxy) is 1. The van der Waals surface area contributed by atoms with Crippen molar-refractivity contribution in [2.45, 2.75) is 13.0 Å². The highest BCUT2D eigenvalue weighted by Crippen LogP contribution is 2.28. The largest absolute Gasteiger partial charge is 0.494 e. The fraction of sp³-hybridized carbons (Fsp3) is 0.250. The summed E-state index contributed by atoms with van der Waals surface area (Å²) in [4.78, 5) is 0. The molecule has 0 fully saturated rings. The zero-order valence-electron chi connectivity index (χ0n) is 11.8. The fourth-order valence-corrected chi connectivity index (χ4v) is 2.22. The van der Waals surface area contributed by atoms with Crippen molar-refractivity contribution in [2.75, 3.05) is 13.7 Å². The van der Waals surface area contributed by atoms with Crippen molar-refractivity contribution in [2.24, 2.45) is 0 Å². The van der Waals surface area contributed by atoms with Crippen LogP contribution in [0, 0.1) is 17.5 Å². The monoisotopic (exact) mass is 295 g/mol. The minimum Gasteiger partial charge on any atom is -0.494 e. The van der Waals surface area contributed by atoms with Crippen LogP contribution in [0.4, 0.5) is 13.2 Å². The van der Waals surface area contributed by atoms with Gasteiger partial charge in [0.1, 0.15) is 0 Å². The number of rotatable bonds is 5. The second kappa shape index (κ2) is 6.63. The molecule has 0 amide bonds. The Morgan fingerprint density at radius 1 is 1.10 bits per heavy atom. The van der Waals surface area contributed by atoms with Gasteiger partial charge in [-0.2, -0.15) is 0 Å². The quantitative estimate of drug-likeness (QED) is 0.905. The number of methoxy groups -OCH3 is 1. The molecule has 0 bridgehead atoms. The van der Waals surface area contributed by atoms with Gasteiger partial charge in [0.25, 0.3) is 0 Å². The van der Waals surface area contributed by atoms with E-state index in [1.165, 1.54) is 31.4 Å². The first-order valence-corrected chi connectivity index (χ1v) is 6.59. The van der Waals surface area contributed by atoms with Gasteiger partial charge in [-0.05, 0) is 30.3 Å². The molecule has 0 heterocycles. The Morgan fingerprint density at radius 2 is 1.86 bits per heavy atom. The van der Waals surface area contributed by atoms with Crippen LogP contribution in [-0.4, -0.2) is 13.7 Å². The Morgan fingerprint density at radius 3 is 2.48 bits per heavy atom. The van der Waals surface area contributed by atoms with E-state index in [0.29, 0.717) is 12.1 Å². The molecule has 2 aromatic carbocycles. The van der Waals surface area contributed by atoms with E-state index in [9.17, 15) is 13.2 Å². The Labute approximate surface area is 121 Å². The molecule has 0 aliphatic carbocycles. The van der Waals surface area contributed by atoms with Gasteiger partial charge in [-0.3, -0.25) is 0 Å². The first-order valence-electron chi connectivity index (χ1n) is 6.59. The zero-order chi connectivity index (χ0) is 15.4. The number of halogens is 3. The third kappa shape index (κ3) is 3.19. The SMILES string of the molecule is CCNC(c1ccc(OC)c(F)c1)c1cccc(F)c1F. The predicted molar refractivity (Wildman–Crippen MR) is 74.8 cm³/mol. The molecule has 2 rings (SSSR count). The lowest BCUT2D eigenvalue weighted by atomic mass is 9.97. The summed E-state index contributed by atoms with van der Waals surface area (Å²) in [5, 5.41) is 3.03. The van der Waals surface area contributed by atoms with Gasteiger partial charge in [-0.15, -0.1) is 0 Å². The minimum atomic E-state index is -0.931. The van der Waals surface area contributed by atoms with Crippen LogP contribution in [0.5, 0.6) is 5.75 Å². The van der Waals surface area contributed by atoms with Gasteiger partial charge in [-0.1, -0.05) is 25.1 Å². The molecule has 112 valence electrons. The summed E-state index contributed by atoms with van der Waals surface area (Å²) in [7, 11) is 1.37. The summed E-state index contributed by atoms with van der Waals surface area (Å²) < 4.78 is 46.1. The Kier molecular flexibility index (Phi) is 4.85. The molecule has 0 aliphatic heterocycles. The van der Waals surface area contributed by atoms with E-state index in [1.54, 1.807) is 6.07 Å². The molecule has 0 aromatic heterocycles. The third-order valence-electron chi connectivity index (χ3n) is 3.21. The highest BCUT2D eigenvalue weighted by Gasteiger charge is 2.20. The summed E-state index contributed by atoms with van der Waals surface area (Å²) in [5.41, 5.74) is 0.640. The van der Waals surface area contributed by atoms with E-state index in [4.69, 9.17) is 4.74 Å². The molecule has 5 heteroatoms. The maximum absolute atomic E-state index is 14.0. The molecular weight excluding hydrogens is 279 g/mol. The van der Waals surface area contributed by atoms with Crippen molar-refractivity contribution < 1.29 is 17.9 Å². The van der Waals surface area contributed by atoms with E-state index >= 15 is 0 Å². The van der Waals surface area contributed by atoms with Gasteiger partial charge < -0.3 is 10.1 Å². The van der Waals surface area contributed by atoms with E-state index in [0.717, 1.165) is 6.07 Å². The van der Waals surface area contributed by atoms with E-state index in [1.807, 2.05) is 6.92 Å². The van der Waals surface area contributed by atoms with Gasteiger partial charge in [0.05, 0.1) is 13.2 Å². The van der Waals surface area contributed by atoms with Crippen LogP contribution in [0.25, 0.3) is 0 Å². The molecule has 2 nitrogen and oxygen atoms in total. The molecule has 1 N–H and O–H groups in total. The average molecular weight is 295 g/mol. The van der Waals surface area contributed by atoms with Crippen molar-refractivity contribution in [1.82, 2.24) is 5.32 Å². The normalized spacial score (nSPS) is 12.2. The van der Waals surface area contributed by atoms with Crippen LogP contribution in [0.1, 0.15) is 24.1 Å². The van der Waals surface area contributed by atoms with Crippen LogP contribution in [0.2, 0.25) is 0 Å². The van der Waals surface area contributed by atoms with Gasteiger partial charge in [-0.25, -0.2) is 13.2 Å². The van der Waals surface area contributed by atoms with Gasteiger partial charge in [0, 0.05) is 5.56 Å². The second-order valence-electron chi connectivity index (χ2n) is 4.53. The number of nitrogens with one attached hydrogen (secondary N) is 1. The smallest absolute Gasteiger partial charge is 0.165 e. The Bertz CT molecular complexity index is 631. The van der Waals surface area contributed by atoms with Crippen LogP contribution < -0.4 is 10.1 Å². The second-order valence-corrected chi connectivity index (χ2v) is 4.53. The summed E-state index contributed by atoms with van der Waals surface area (Å²) in [5.74, 6) is -2.30. The van der Waals surface area contributed by atoms with E-state index in [-0.39, 0.29) is 11.3 Å².